The molecule has 0 saturated carbocycles. The molecule has 13 nitrogen and oxygen atoms in total. The highest BCUT2D eigenvalue weighted by molar-refractivity contribution is 7.52. The number of aliphatic hydroxyl groups excluding tert-OH is 1. The van der Waals surface area contributed by atoms with Crippen LogP contribution in [0.2, 0.25) is 0 Å². The van der Waals surface area contributed by atoms with Gasteiger partial charge in [-0.15, -0.1) is 6.42 Å². The van der Waals surface area contributed by atoms with Gasteiger partial charge in [0.1, 0.15) is 29.8 Å². The van der Waals surface area contributed by atoms with Crippen molar-refractivity contribution in [2.45, 2.75) is 50.9 Å². The van der Waals surface area contributed by atoms with Crippen LogP contribution in [0.1, 0.15) is 25.9 Å². The molecule has 15 heteroatoms. The number of para-hydroxylation sites is 1. The van der Waals surface area contributed by atoms with Gasteiger partial charge in [-0.1, -0.05) is 24.1 Å². The molecule has 1 aliphatic heterocycles. The number of aromatic nitrogens is 4. The molecule has 0 radical (unpaired) electrons. The monoisotopic (exact) mass is 590 g/mol. The Morgan fingerprint density at radius 2 is 2.07 bits per heavy atom. The fraction of sp³-hybridized carbons (Fsp3) is 0.462. The maximum Gasteiger partial charge on any atom is 0.459 e. The lowest BCUT2D eigenvalue weighted by Crippen LogP contribution is -2.42. The van der Waals surface area contributed by atoms with E-state index in [1.54, 1.807) is 51.0 Å². The topological polar surface area (TPSA) is 150 Å². The van der Waals surface area contributed by atoms with Crippen LogP contribution in [0.5, 0.6) is 5.75 Å². The Morgan fingerprint density at radius 3 is 2.71 bits per heavy atom. The molecule has 6 atom stereocenters. The van der Waals surface area contributed by atoms with E-state index < -0.39 is 50.5 Å². The molecular weight excluding hydrogens is 558 g/mol. The summed E-state index contributed by atoms with van der Waals surface area (Å²) in [5.74, 6) is 2.37. The van der Waals surface area contributed by atoms with Crippen molar-refractivity contribution in [1.82, 2.24) is 24.6 Å². The van der Waals surface area contributed by atoms with Crippen molar-refractivity contribution in [2.75, 3.05) is 32.2 Å². The summed E-state index contributed by atoms with van der Waals surface area (Å²) in [5, 5.41) is 13.5. The standard InChI is InChI=1S/C26H32FN6O7P/c1-7-26(27)21(34)19(39-25(26)33-15-28-20-22(32(5)6)29-17(4)30-23(20)33)14-38-41(36,31-16(3)24(35)37-8-2)40-18-12-10-9-11-13-18/h1,9-13,15-16,19,21,25,34H,8,14H2,2-6H3,(H,31,36)/t16-,19+,21+,25+,26+,41?/m0/s1. The van der Waals surface area contributed by atoms with Gasteiger partial charge < -0.3 is 24.0 Å². The van der Waals surface area contributed by atoms with Crippen molar-refractivity contribution in [3.63, 3.8) is 0 Å². The number of aliphatic hydroxyl groups is 1. The highest BCUT2D eigenvalue weighted by Gasteiger charge is 2.58. The van der Waals surface area contributed by atoms with Gasteiger partial charge in [0, 0.05) is 14.1 Å². The van der Waals surface area contributed by atoms with E-state index in [9.17, 15) is 14.5 Å². The van der Waals surface area contributed by atoms with Gasteiger partial charge in [0.05, 0.1) is 19.5 Å². The number of imidazole rings is 1. The van der Waals surface area contributed by atoms with Crippen LogP contribution in [0.25, 0.3) is 11.2 Å². The summed E-state index contributed by atoms with van der Waals surface area (Å²) in [5.41, 5.74) is -2.13. The molecule has 4 rings (SSSR count). The first-order valence-electron chi connectivity index (χ1n) is 12.7. The second-order valence-corrected chi connectivity index (χ2v) is 11.2. The third-order valence-corrected chi connectivity index (χ3v) is 7.87. The molecule has 3 heterocycles. The fourth-order valence-corrected chi connectivity index (χ4v) is 5.74. The molecular formula is C26H32FN6O7P. The zero-order valence-corrected chi connectivity index (χ0v) is 24.1. The third kappa shape index (κ3) is 6.19. The van der Waals surface area contributed by atoms with Crippen molar-refractivity contribution in [1.29, 1.82) is 0 Å². The van der Waals surface area contributed by atoms with Crippen LogP contribution in [-0.2, 0) is 23.4 Å². The highest BCUT2D eigenvalue weighted by Crippen LogP contribution is 2.48. The van der Waals surface area contributed by atoms with Crippen LogP contribution in [0.15, 0.2) is 36.7 Å². The first-order valence-corrected chi connectivity index (χ1v) is 14.3. The van der Waals surface area contributed by atoms with E-state index in [1.807, 2.05) is 5.92 Å². The lowest BCUT2D eigenvalue weighted by atomic mass is 9.97. The number of anilines is 1. The predicted molar refractivity (Wildman–Crippen MR) is 147 cm³/mol. The Bertz CT molecular complexity index is 1480. The molecule has 1 fully saturated rings. The van der Waals surface area contributed by atoms with Gasteiger partial charge in [0.2, 0.25) is 5.67 Å². The molecule has 0 bridgehead atoms. The number of fused-ring (bicyclic) bond motifs is 1. The number of nitrogens with zero attached hydrogens (tertiary/aromatic N) is 5. The van der Waals surface area contributed by atoms with Crippen molar-refractivity contribution in [3.8, 4) is 18.1 Å². The highest BCUT2D eigenvalue weighted by atomic mass is 31.2. The molecule has 3 aromatic rings. The minimum Gasteiger partial charge on any atom is -0.465 e. The maximum atomic E-state index is 16.2. The Balaban J connectivity index is 1.61. The number of carbonyl (C=O) groups excluding carboxylic acids is 1. The Morgan fingerprint density at radius 1 is 1.37 bits per heavy atom. The zero-order chi connectivity index (χ0) is 29.9. The maximum absolute atomic E-state index is 16.2. The number of aryl methyl sites for hydroxylation is 1. The van der Waals surface area contributed by atoms with E-state index >= 15 is 4.39 Å². The molecule has 0 aliphatic carbocycles. The molecule has 1 saturated heterocycles. The molecule has 220 valence electrons. The lowest BCUT2D eigenvalue weighted by Gasteiger charge is -2.25. The number of hydrogen-bond acceptors (Lipinski definition) is 11. The van der Waals surface area contributed by atoms with Crippen LogP contribution in [0.3, 0.4) is 0 Å². The van der Waals surface area contributed by atoms with E-state index in [0.29, 0.717) is 17.2 Å². The minimum absolute atomic E-state index is 0.104. The largest absolute Gasteiger partial charge is 0.465 e. The van der Waals surface area contributed by atoms with Gasteiger partial charge in [0.25, 0.3) is 0 Å². The normalized spacial score (nSPS) is 24.4. The summed E-state index contributed by atoms with van der Waals surface area (Å²) < 4.78 is 53.3. The molecule has 1 aromatic carbocycles. The number of ether oxygens (including phenoxy) is 2. The lowest BCUT2D eigenvalue weighted by molar-refractivity contribution is -0.144. The smallest absolute Gasteiger partial charge is 0.459 e. The molecule has 0 amide bonds. The van der Waals surface area contributed by atoms with Crippen LogP contribution in [0, 0.1) is 19.3 Å². The van der Waals surface area contributed by atoms with Crippen LogP contribution >= 0.6 is 7.75 Å². The van der Waals surface area contributed by atoms with E-state index in [2.05, 4.69) is 20.0 Å². The summed E-state index contributed by atoms with van der Waals surface area (Å²) in [6.07, 6.45) is 1.98. The zero-order valence-electron chi connectivity index (χ0n) is 23.2. The summed E-state index contributed by atoms with van der Waals surface area (Å²) in [7, 11) is -0.759. The number of esters is 1. The first-order chi connectivity index (χ1) is 19.4. The number of halogens is 1. The Kier molecular flexibility index (Phi) is 8.96. The SMILES string of the molecule is C#C[C@@]1(F)[C@H](O)[C@@H](COP(=O)(N[C@@H](C)C(=O)OCC)Oc2ccccc2)O[C@H]1n1cnc2c(N(C)C)nc(C)nc21. The van der Waals surface area contributed by atoms with Gasteiger partial charge in [0.15, 0.2) is 23.2 Å². The predicted octanol–water partition coefficient (Wildman–Crippen LogP) is 2.55. The van der Waals surface area contributed by atoms with E-state index in [1.165, 1.54) is 30.0 Å². The average molecular weight is 591 g/mol. The number of carbonyl (C=O) groups is 1. The van der Waals surface area contributed by atoms with Crippen molar-refractivity contribution >= 4 is 30.7 Å². The molecule has 1 unspecified atom stereocenters. The van der Waals surface area contributed by atoms with Crippen LogP contribution < -0.4 is 14.5 Å². The van der Waals surface area contributed by atoms with Crippen molar-refractivity contribution in [3.05, 3.63) is 42.5 Å². The number of benzene rings is 1. The molecule has 1 aliphatic rings. The third-order valence-electron chi connectivity index (χ3n) is 6.23. The summed E-state index contributed by atoms with van der Waals surface area (Å²) in [6.45, 7) is 4.20. The van der Waals surface area contributed by atoms with E-state index in [0.717, 1.165) is 0 Å². The van der Waals surface area contributed by atoms with Gasteiger partial charge in [-0.05, 0) is 32.9 Å². The summed E-state index contributed by atoms with van der Waals surface area (Å²) in [4.78, 5) is 27.0. The van der Waals surface area contributed by atoms with Crippen molar-refractivity contribution in [2.24, 2.45) is 0 Å². The second-order valence-electron chi connectivity index (χ2n) is 9.50. The molecule has 0 spiro atoms. The van der Waals surface area contributed by atoms with Gasteiger partial charge in [-0.3, -0.25) is 13.9 Å². The Hall–Kier alpha value is -3.60. The quantitative estimate of drug-likeness (QED) is 0.192. The number of terminal acetylenes is 1. The van der Waals surface area contributed by atoms with Crippen LogP contribution in [0.4, 0.5) is 10.2 Å². The van der Waals surface area contributed by atoms with Crippen molar-refractivity contribution < 1.29 is 37.4 Å². The van der Waals surface area contributed by atoms with Crippen LogP contribution in [-0.4, -0.2) is 81.8 Å². The fourth-order valence-electron chi connectivity index (χ4n) is 4.24. The molecule has 2 aromatic heterocycles. The van der Waals surface area contributed by atoms with Gasteiger partial charge in [-0.2, -0.15) is 5.09 Å². The number of rotatable bonds is 11. The average Bonchev–Trinajstić information content (AvgIpc) is 3.45. The summed E-state index contributed by atoms with van der Waals surface area (Å²) >= 11 is 0. The number of hydrogen-bond donors (Lipinski definition) is 2. The number of alkyl halides is 1. The van der Waals surface area contributed by atoms with E-state index in [-0.39, 0.29) is 18.0 Å². The van der Waals surface area contributed by atoms with Gasteiger partial charge >= 0.3 is 13.7 Å². The first kappa shape index (κ1) is 30.4. The number of nitrogens with one attached hydrogen (secondary N) is 1. The molecule has 2 N–H and O–H groups in total. The Labute approximate surface area is 236 Å². The van der Waals surface area contributed by atoms with Gasteiger partial charge in [-0.25, -0.2) is 23.9 Å². The second kappa shape index (κ2) is 12.1. The van der Waals surface area contributed by atoms with E-state index in [4.69, 9.17) is 24.9 Å². The minimum atomic E-state index is -4.31. The summed E-state index contributed by atoms with van der Waals surface area (Å²) in [6, 6.07) is 6.99. The molecule has 41 heavy (non-hydrogen) atoms.